The van der Waals surface area contributed by atoms with Gasteiger partial charge in [0.1, 0.15) is 6.04 Å². The SMILES string of the molecule is C[C@H]1[C@H](NC(=O)OCCCCC2CCCCC2)C(=O)N1Oc1ccc(C(F)(F)F)cc1. The second kappa shape index (κ2) is 10.2. The molecule has 6 nitrogen and oxygen atoms in total. The van der Waals surface area contributed by atoms with Gasteiger partial charge in [-0.05, 0) is 49.9 Å². The Kier molecular flexibility index (Phi) is 7.67. The number of carbonyl (C=O) groups is 2. The lowest BCUT2D eigenvalue weighted by Crippen LogP contribution is -2.70. The van der Waals surface area contributed by atoms with Crippen molar-refractivity contribution in [3.8, 4) is 5.75 Å². The summed E-state index contributed by atoms with van der Waals surface area (Å²) in [6.45, 7) is 1.97. The molecule has 9 heteroatoms. The third-order valence-electron chi connectivity index (χ3n) is 5.96. The molecule has 1 heterocycles. The Morgan fingerprint density at radius 3 is 2.42 bits per heavy atom. The van der Waals surface area contributed by atoms with Gasteiger partial charge in [0.15, 0.2) is 5.75 Å². The van der Waals surface area contributed by atoms with Gasteiger partial charge < -0.3 is 14.9 Å². The number of carbonyl (C=O) groups excluding carboxylic acids is 2. The maximum atomic E-state index is 12.6. The number of halogens is 3. The molecule has 1 N–H and O–H groups in total. The largest absolute Gasteiger partial charge is 0.450 e. The lowest BCUT2D eigenvalue weighted by Gasteiger charge is -2.43. The maximum absolute atomic E-state index is 12.6. The number of nitrogens with zero attached hydrogens (tertiary/aromatic N) is 1. The van der Waals surface area contributed by atoms with E-state index in [2.05, 4.69) is 5.32 Å². The molecule has 1 aromatic carbocycles. The van der Waals surface area contributed by atoms with E-state index in [-0.39, 0.29) is 5.75 Å². The quantitative estimate of drug-likeness (QED) is 0.451. The van der Waals surface area contributed by atoms with Crippen LogP contribution in [0, 0.1) is 5.92 Å². The summed E-state index contributed by atoms with van der Waals surface area (Å²) in [4.78, 5) is 29.5. The zero-order valence-corrected chi connectivity index (χ0v) is 17.6. The van der Waals surface area contributed by atoms with Crippen LogP contribution in [0.25, 0.3) is 0 Å². The van der Waals surface area contributed by atoms with Gasteiger partial charge in [-0.1, -0.05) is 38.5 Å². The van der Waals surface area contributed by atoms with E-state index in [9.17, 15) is 22.8 Å². The summed E-state index contributed by atoms with van der Waals surface area (Å²) in [5.74, 6) is 0.417. The van der Waals surface area contributed by atoms with E-state index < -0.39 is 35.8 Å². The number of benzene rings is 1. The molecule has 2 fully saturated rings. The normalized spacial score (nSPS) is 22.1. The number of alkyl carbamates (subject to hydrolysis) is 1. The summed E-state index contributed by atoms with van der Waals surface area (Å²) in [7, 11) is 0. The monoisotopic (exact) mass is 442 g/mol. The first kappa shape index (κ1) is 23.2. The first-order valence-electron chi connectivity index (χ1n) is 10.9. The number of alkyl halides is 3. The number of hydroxylamine groups is 2. The summed E-state index contributed by atoms with van der Waals surface area (Å²) in [6, 6.07) is 2.78. The van der Waals surface area contributed by atoms with Gasteiger partial charge in [0.2, 0.25) is 0 Å². The molecule has 0 bridgehead atoms. The van der Waals surface area contributed by atoms with E-state index in [1.54, 1.807) is 6.92 Å². The number of β-lactam (4-membered cyclic amide) rings is 1. The average Bonchev–Trinajstić information content (AvgIpc) is 2.76. The van der Waals surface area contributed by atoms with Crippen molar-refractivity contribution in [2.24, 2.45) is 5.92 Å². The van der Waals surface area contributed by atoms with Crippen LogP contribution in [-0.2, 0) is 15.7 Å². The molecule has 3 rings (SSSR count). The average molecular weight is 442 g/mol. The zero-order chi connectivity index (χ0) is 22.4. The molecule has 2 aliphatic rings. The van der Waals surface area contributed by atoms with Gasteiger partial charge >= 0.3 is 12.3 Å². The first-order chi connectivity index (χ1) is 14.8. The maximum Gasteiger partial charge on any atom is 0.416 e. The molecular formula is C22H29F3N2O4. The van der Waals surface area contributed by atoms with Crippen LogP contribution >= 0.6 is 0 Å². The molecule has 1 aliphatic carbocycles. The minimum atomic E-state index is -4.44. The van der Waals surface area contributed by atoms with E-state index in [0.29, 0.717) is 6.61 Å². The fourth-order valence-corrected chi connectivity index (χ4v) is 4.07. The second-order valence-corrected chi connectivity index (χ2v) is 8.28. The fraction of sp³-hybridized carbons (Fsp3) is 0.636. The Bertz CT molecular complexity index is 748. The zero-order valence-electron chi connectivity index (χ0n) is 17.6. The fourth-order valence-electron chi connectivity index (χ4n) is 4.07. The Labute approximate surface area is 180 Å². The van der Waals surface area contributed by atoms with Crippen molar-refractivity contribution in [2.75, 3.05) is 6.61 Å². The van der Waals surface area contributed by atoms with Crippen molar-refractivity contribution in [2.45, 2.75) is 76.6 Å². The summed E-state index contributed by atoms with van der Waals surface area (Å²) in [5, 5.41) is 3.55. The van der Waals surface area contributed by atoms with Crippen LogP contribution in [-0.4, -0.2) is 35.8 Å². The first-order valence-corrected chi connectivity index (χ1v) is 10.9. The van der Waals surface area contributed by atoms with Crippen molar-refractivity contribution >= 4 is 12.0 Å². The van der Waals surface area contributed by atoms with Crippen molar-refractivity contribution in [1.29, 1.82) is 0 Å². The van der Waals surface area contributed by atoms with Gasteiger partial charge in [-0.2, -0.15) is 18.2 Å². The highest BCUT2D eigenvalue weighted by molar-refractivity contribution is 5.91. The Morgan fingerprint density at radius 1 is 1.13 bits per heavy atom. The molecule has 1 aliphatic heterocycles. The predicted octanol–water partition coefficient (Wildman–Crippen LogP) is 5.08. The number of ether oxygens (including phenoxy) is 1. The molecule has 172 valence electrons. The van der Waals surface area contributed by atoms with Crippen LogP contribution in [0.15, 0.2) is 24.3 Å². The summed E-state index contributed by atoms with van der Waals surface area (Å²) >= 11 is 0. The number of rotatable bonds is 8. The lowest BCUT2D eigenvalue weighted by atomic mass is 9.86. The molecule has 1 saturated carbocycles. The van der Waals surface area contributed by atoms with Crippen LogP contribution in [0.4, 0.5) is 18.0 Å². The highest BCUT2D eigenvalue weighted by atomic mass is 19.4. The Hall–Kier alpha value is -2.45. The van der Waals surface area contributed by atoms with Crippen LogP contribution in [0.1, 0.15) is 63.9 Å². The third kappa shape index (κ3) is 6.27. The molecular weight excluding hydrogens is 413 g/mol. The van der Waals surface area contributed by atoms with Gasteiger partial charge in [-0.25, -0.2) is 4.79 Å². The van der Waals surface area contributed by atoms with Crippen molar-refractivity contribution < 1.29 is 32.3 Å². The standard InChI is InChI=1S/C22H29F3N2O4/c1-15-19(26-21(29)30-14-6-5-9-16-7-3-2-4-8-16)20(28)27(15)31-18-12-10-17(11-13-18)22(23,24)25/h10-13,15-16,19H,2-9,14H2,1H3,(H,26,29)/t15-,19-/m0/s1. The van der Waals surface area contributed by atoms with E-state index in [4.69, 9.17) is 9.57 Å². The van der Waals surface area contributed by atoms with Crippen LogP contribution in [0.3, 0.4) is 0 Å². The Balaban J connectivity index is 1.34. The molecule has 1 aromatic rings. The molecule has 1 saturated heterocycles. The van der Waals surface area contributed by atoms with Crippen molar-refractivity contribution in [1.82, 2.24) is 10.4 Å². The highest BCUT2D eigenvalue weighted by Crippen LogP contribution is 2.31. The summed E-state index contributed by atoms with van der Waals surface area (Å²) < 4.78 is 43.0. The van der Waals surface area contributed by atoms with Gasteiger partial charge in [0.05, 0.1) is 18.2 Å². The molecule has 0 radical (unpaired) electrons. The number of hydrogen-bond acceptors (Lipinski definition) is 4. The minimum absolute atomic E-state index is 0.104. The summed E-state index contributed by atoms with van der Waals surface area (Å²) in [5.41, 5.74) is -0.802. The predicted molar refractivity (Wildman–Crippen MR) is 107 cm³/mol. The number of unbranched alkanes of at least 4 members (excludes halogenated alkanes) is 1. The van der Waals surface area contributed by atoms with Gasteiger partial charge in [0, 0.05) is 0 Å². The number of hydrogen-bond donors (Lipinski definition) is 1. The third-order valence-corrected chi connectivity index (χ3v) is 5.96. The molecule has 0 aromatic heterocycles. The molecule has 31 heavy (non-hydrogen) atoms. The molecule has 0 spiro atoms. The van der Waals surface area contributed by atoms with Gasteiger partial charge in [0.25, 0.3) is 5.91 Å². The van der Waals surface area contributed by atoms with Gasteiger partial charge in [-0.15, -0.1) is 0 Å². The topological polar surface area (TPSA) is 67.9 Å². The molecule has 2 atom stereocenters. The second-order valence-electron chi connectivity index (χ2n) is 8.28. The lowest BCUT2D eigenvalue weighted by molar-refractivity contribution is -0.194. The van der Waals surface area contributed by atoms with E-state index in [0.717, 1.165) is 48.1 Å². The molecule has 2 amide bonds. The van der Waals surface area contributed by atoms with E-state index in [1.165, 1.54) is 38.5 Å². The number of nitrogens with one attached hydrogen (secondary N) is 1. The van der Waals surface area contributed by atoms with Gasteiger partial charge in [-0.3, -0.25) is 4.79 Å². The highest BCUT2D eigenvalue weighted by Gasteiger charge is 2.48. The van der Waals surface area contributed by atoms with Crippen LogP contribution in [0.2, 0.25) is 0 Å². The van der Waals surface area contributed by atoms with E-state index >= 15 is 0 Å². The summed E-state index contributed by atoms with van der Waals surface area (Å²) in [6.07, 6.45) is 4.45. The number of amides is 2. The van der Waals surface area contributed by atoms with Crippen molar-refractivity contribution in [3.63, 3.8) is 0 Å². The van der Waals surface area contributed by atoms with E-state index in [1.807, 2.05) is 0 Å². The van der Waals surface area contributed by atoms with Crippen LogP contribution < -0.4 is 10.2 Å². The van der Waals surface area contributed by atoms with Crippen LogP contribution in [0.5, 0.6) is 5.75 Å². The smallest absolute Gasteiger partial charge is 0.416 e. The molecule has 0 unspecified atom stereocenters. The Morgan fingerprint density at radius 2 is 1.81 bits per heavy atom. The van der Waals surface area contributed by atoms with Crippen molar-refractivity contribution in [3.05, 3.63) is 29.8 Å². The minimum Gasteiger partial charge on any atom is -0.450 e.